The molecule has 2 N–H and O–H groups in total. The van der Waals surface area contributed by atoms with Crippen LogP contribution < -0.4 is 10.0 Å². The Balaban J connectivity index is 1.52. The summed E-state index contributed by atoms with van der Waals surface area (Å²) in [6.45, 7) is 3.92. The van der Waals surface area contributed by atoms with Gasteiger partial charge in [-0.25, -0.2) is 4.79 Å². The summed E-state index contributed by atoms with van der Waals surface area (Å²) in [7, 11) is -3.50. The smallest absolute Gasteiger partial charge is 0.317 e. The van der Waals surface area contributed by atoms with Crippen molar-refractivity contribution in [1.29, 1.82) is 0 Å². The van der Waals surface area contributed by atoms with Crippen LogP contribution in [0.5, 0.6) is 0 Å². The quantitative estimate of drug-likeness (QED) is 0.819. The van der Waals surface area contributed by atoms with E-state index < -0.39 is 10.2 Å². The summed E-state index contributed by atoms with van der Waals surface area (Å²) in [6.07, 6.45) is 0.835. The second kappa shape index (κ2) is 7.08. The van der Waals surface area contributed by atoms with E-state index in [1.165, 1.54) is 9.87 Å². The van der Waals surface area contributed by atoms with E-state index in [9.17, 15) is 13.2 Å². The molecule has 1 aromatic carbocycles. The Labute approximate surface area is 143 Å². The van der Waals surface area contributed by atoms with Crippen LogP contribution in [-0.2, 0) is 10.2 Å². The van der Waals surface area contributed by atoms with Gasteiger partial charge in [0.15, 0.2) is 0 Å². The monoisotopic (exact) mass is 352 g/mol. The fraction of sp³-hybridized carbons (Fsp3) is 0.562. The van der Waals surface area contributed by atoms with Gasteiger partial charge in [0.25, 0.3) is 10.2 Å². The average Bonchev–Trinajstić information content (AvgIpc) is 3.34. The zero-order chi connectivity index (χ0) is 17.2. The molecule has 2 amide bonds. The van der Waals surface area contributed by atoms with Gasteiger partial charge in [0, 0.05) is 44.7 Å². The van der Waals surface area contributed by atoms with Crippen LogP contribution in [0.25, 0.3) is 0 Å². The summed E-state index contributed by atoms with van der Waals surface area (Å²) in [6, 6.07) is 9.81. The minimum absolute atomic E-state index is 0.0289. The number of hydrogen-bond donors (Lipinski definition) is 2. The normalized spacial score (nSPS) is 24.6. The van der Waals surface area contributed by atoms with Gasteiger partial charge >= 0.3 is 6.03 Å². The first-order valence-corrected chi connectivity index (χ1v) is 9.80. The number of urea groups is 1. The van der Waals surface area contributed by atoms with E-state index in [4.69, 9.17) is 0 Å². The van der Waals surface area contributed by atoms with Crippen molar-refractivity contribution in [3.8, 4) is 0 Å². The molecule has 1 saturated heterocycles. The lowest BCUT2D eigenvalue weighted by Gasteiger charge is -2.33. The molecule has 24 heavy (non-hydrogen) atoms. The van der Waals surface area contributed by atoms with Crippen molar-refractivity contribution < 1.29 is 13.2 Å². The van der Waals surface area contributed by atoms with Crippen LogP contribution in [0.15, 0.2) is 30.3 Å². The third-order valence-corrected chi connectivity index (χ3v) is 6.16. The van der Waals surface area contributed by atoms with Crippen molar-refractivity contribution in [2.75, 3.05) is 32.7 Å². The molecule has 8 heteroatoms. The maximum atomic E-state index is 12.5. The van der Waals surface area contributed by atoms with Crippen LogP contribution in [0.2, 0.25) is 0 Å². The van der Waals surface area contributed by atoms with E-state index in [1.807, 2.05) is 37.3 Å². The molecule has 1 heterocycles. The van der Waals surface area contributed by atoms with E-state index in [-0.39, 0.29) is 18.0 Å². The van der Waals surface area contributed by atoms with Gasteiger partial charge in [-0.1, -0.05) is 30.3 Å². The van der Waals surface area contributed by atoms with Crippen LogP contribution in [0.4, 0.5) is 4.79 Å². The van der Waals surface area contributed by atoms with Gasteiger partial charge in [-0.15, -0.1) is 0 Å². The Hall–Kier alpha value is -1.64. The van der Waals surface area contributed by atoms with E-state index in [0.717, 1.165) is 6.42 Å². The van der Waals surface area contributed by atoms with Crippen molar-refractivity contribution in [2.24, 2.45) is 0 Å². The average molecular weight is 352 g/mol. The van der Waals surface area contributed by atoms with E-state index >= 15 is 0 Å². The predicted molar refractivity (Wildman–Crippen MR) is 91.9 cm³/mol. The van der Waals surface area contributed by atoms with Gasteiger partial charge in [0.1, 0.15) is 0 Å². The first-order valence-electron chi connectivity index (χ1n) is 8.36. The number of nitrogens with one attached hydrogen (secondary N) is 2. The van der Waals surface area contributed by atoms with E-state index in [2.05, 4.69) is 10.0 Å². The lowest BCUT2D eigenvalue weighted by molar-refractivity contribution is 0.172. The third kappa shape index (κ3) is 3.88. The fourth-order valence-electron chi connectivity index (χ4n) is 3.05. The summed E-state index contributed by atoms with van der Waals surface area (Å²) in [5.74, 6) is 0.262. The standard InChI is InChI=1S/C16H24N4O3S/c1-2-17-16(21)19-8-10-20(11-9-19)24(22,23)18-15-12-14(15)13-6-4-3-5-7-13/h3-7,14-15,18H,2,8-12H2,1H3,(H,17,21)/t14-,15+/m1/s1. The number of amides is 2. The first-order chi connectivity index (χ1) is 11.5. The summed E-state index contributed by atoms with van der Waals surface area (Å²) in [5, 5.41) is 2.74. The van der Waals surface area contributed by atoms with Gasteiger partial charge in [0.2, 0.25) is 0 Å². The van der Waals surface area contributed by atoms with Crippen LogP contribution in [0.1, 0.15) is 24.8 Å². The topological polar surface area (TPSA) is 81.8 Å². The highest BCUT2D eigenvalue weighted by atomic mass is 32.2. The maximum absolute atomic E-state index is 12.5. The predicted octanol–water partition coefficient (Wildman–Crippen LogP) is 0.724. The number of nitrogens with zero attached hydrogens (tertiary/aromatic N) is 2. The molecule has 3 rings (SSSR count). The molecule has 132 valence electrons. The second-order valence-electron chi connectivity index (χ2n) is 6.20. The minimum Gasteiger partial charge on any atom is -0.338 e. The largest absolute Gasteiger partial charge is 0.338 e. The van der Waals surface area contributed by atoms with Crippen molar-refractivity contribution in [1.82, 2.24) is 19.2 Å². The van der Waals surface area contributed by atoms with Gasteiger partial charge in [-0.3, -0.25) is 0 Å². The van der Waals surface area contributed by atoms with Gasteiger partial charge in [0.05, 0.1) is 0 Å². The van der Waals surface area contributed by atoms with E-state index in [1.54, 1.807) is 4.90 Å². The molecule has 1 saturated carbocycles. The zero-order valence-electron chi connectivity index (χ0n) is 13.8. The highest BCUT2D eigenvalue weighted by molar-refractivity contribution is 7.87. The Kier molecular flexibility index (Phi) is 5.07. The van der Waals surface area contributed by atoms with Crippen molar-refractivity contribution in [3.63, 3.8) is 0 Å². The van der Waals surface area contributed by atoms with Gasteiger partial charge in [-0.05, 0) is 18.9 Å². The van der Waals surface area contributed by atoms with Crippen LogP contribution in [0, 0.1) is 0 Å². The third-order valence-electron chi connectivity index (χ3n) is 4.51. The van der Waals surface area contributed by atoms with Gasteiger partial charge in [-0.2, -0.15) is 17.4 Å². The second-order valence-corrected chi connectivity index (χ2v) is 7.91. The molecule has 2 aliphatic rings. The molecule has 7 nitrogen and oxygen atoms in total. The molecule has 0 aromatic heterocycles. The fourth-order valence-corrected chi connectivity index (χ4v) is 4.49. The van der Waals surface area contributed by atoms with Crippen molar-refractivity contribution in [2.45, 2.75) is 25.3 Å². The maximum Gasteiger partial charge on any atom is 0.317 e. The van der Waals surface area contributed by atoms with Crippen LogP contribution in [-0.4, -0.2) is 62.4 Å². The molecule has 0 bridgehead atoms. The molecule has 1 aliphatic carbocycles. The Morgan fingerprint density at radius 2 is 1.83 bits per heavy atom. The lowest BCUT2D eigenvalue weighted by atomic mass is 10.1. The number of piperazine rings is 1. The molecule has 0 unspecified atom stereocenters. The van der Waals surface area contributed by atoms with E-state index in [0.29, 0.717) is 32.7 Å². The number of carbonyl (C=O) groups excluding carboxylic acids is 1. The summed E-state index contributed by atoms with van der Waals surface area (Å²) < 4.78 is 29.3. The van der Waals surface area contributed by atoms with Crippen molar-refractivity contribution in [3.05, 3.63) is 35.9 Å². The molecule has 1 aliphatic heterocycles. The Bertz CT molecular complexity index is 672. The van der Waals surface area contributed by atoms with Crippen LogP contribution >= 0.6 is 0 Å². The number of benzene rings is 1. The molecule has 2 fully saturated rings. The first kappa shape index (κ1) is 17.2. The SMILES string of the molecule is CCNC(=O)N1CCN(S(=O)(=O)N[C@H]2C[C@@H]2c2ccccc2)CC1. The molecule has 2 atom stereocenters. The molecule has 1 aromatic rings. The number of rotatable bonds is 5. The minimum atomic E-state index is -3.50. The summed E-state index contributed by atoms with van der Waals surface area (Å²) >= 11 is 0. The summed E-state index contributed by atoms with van der Waals surface area (Å²) in [5.41, 5.74) is 1.17. The highest BCUT2D eigenvalue weighted by Crippen LogP contribution is 2.41. The summed E-state index contributed by atoms with van der Waals surface area (Å²) in [4.78, 5) is 13.4. The zero-order valence-corrected chi connectivity index (χ0v) is 14.6. The van der Waals surface area contributed by atoms with Crippen molar-refractivity contribution >= 4 is 16.2 Å². The molecule has 0 radical (unpaired) electrons. The Morgan fingerprint density at radius 3 is 2.46 bits per heavy atom. The molecular formula is C16H24N4O3S. The van der Waals surface area contributed by atoms with Crippen LogP contribution in [0.3, 0.4) is 0 Å². The molecular weight excluding hydrogens is 328 g/mol. The number of hydrogen-bond acceptors (Lipinski definition) is 3. The number of carbonyl (C=O) groups is 1. The van der Waals surface area contributed by atoms with Gasteiger partial charge < -0.3 is 10.2 Å². The lowest BCUT2D eigenvalue weighted by Crippen LogP contribution is -2.55. The highest BCUT2D eigenvalue weighted by Gasteiger charge is 2.42. The molecule has 0 spiro atoms. The Morgan fingerprint density at radius 1 is 1.17 bits per heavy atom.